The van der Waals surface area contributed by atoms with E-state index in [0.29, 0.717) is 13.0 Å². The Balaban J connectivity index is 2.34. The van der Waals surface area contributed by atoms with E-state index in [1.807, 2.05) is 13.0 Å². The largest absolute Gasteiger partial charge is 0.483 e. The summed E-state index contributed by atoms with van der Waals surface area (Å²) in [4.78, 5) is 11.0. The van der Waals surface area contributed by atoms with Gasteiger partial charge in [-0.1, -0.05) is 0 Å². The molecule has 0 aromatic rings. The van der Waals surface area contributed by atoms with Crippen LogP contribution in [0.4, 0.5) is 0 Å². The zero-order chi connectivity index (χ0) is 8.27. The fourth-order valence-corrected chi connectivity index (χ4v) is 0.973. The Labute approximate surface area is 66.0 Å². The van der Waals surface area contributed by atoms with E-state index in [9.17, 15) is 4.79 Å². The van der Waals surface area contributed by atoms with Crippen molar-refractivity contribution in [3.8, 4) is 0 Å². The summed E-state index contributed by atoms with van der Waals surface area (Å²) in [6.07, 6.45) is 2.14. The highest BCUT2D eigenvalue weighted by Crippen LogP contribution is 2.16. The van der Waals surface area contributed by atoms with Gasteiger partial charge < -0.3 is 9.47 Å². The van der Waals surface area contributed by atoms with E-state index in [0.717, 1.165) is 5.76 Å². The summed E-state index contributed by atoms with van der Waals surface area (Å²) in [7, 11) is 0. The van der Waals surface area contributed by atoms with Gasteiger partial charge in [0.1, 0.15) is 0 Å². The molecule has 11 heavy (non-hydrogen) atoms. The van der Waals surface area contributed by atoms with Crippen LogP contribution in [-0.2, 0) is 14.3 Å². The lowest BCUT2D eigenvalue weighted by atomic mass is 10.3. The van der Waals surface area contributed by atoms with Crippen LogP contribution in [0.1, 0.15) is 20.3 Å². The number of hydrogen-bond donors (Lipinski definition) is 0. The number of esters is 1. The molecule has 62 valence electrons. The highest BCUT2D eigenvalue weighted by Gasteiger charge is 2.24. The maximum atomic E-state index is 11.0. The molecule has 3 heteroatoms. The van der Waals surface area contributed by atoms with Gasteiger partial charge in [0.05, 0.1) is 12.4 Å². The lowest BCUT2D eigenvalue weighted by Gasteiger charge is -2.09. The number of rotatable bonds is 2. The molecule has 1 heterocycles. The van der Waals surface area contributed by atoms with Crippen LogP contribution >= 0.6 is 0 Å². The van der Waals surface area contributed by atoms with Crippen LogP contribution in [0.3, 0.4) is 0 Å². The molecule has 0 aromatic heterocycles. The molecule has 0 N–H and O–H groups in total. The van der Waals surface area contributed by atoms with Crippen molar-refractivity contribution in [3.05, 3.63) is 11.8 Å². The Hall–Kier alpha value is -0.990. The summed E-state index contributed by atoms with van der Waals surface area (Å²) in [5.74, 6) is 0.545. The van der Waals surface area contributed by atoms with E-state index in [2.05, 4.69) is 0 Å². The maximum Gasteiger partial charge on any atom is 0.347 e. The van der Waals surface area contributed by atoms with Crippen LogP contribution in [0.15, 0.2) is 11.8 Å². The SMILES string of the molecule is CCOC(=O)C1CC=C(C)O1. The third-order valence-corrected chi connectivity index (χ3v) is 1.50. The molecule has 1 aliphatic heterocycles. The van der Waals surface area contributed by atoms with Crippen LogP contribution < -0.4 is 0 Å². The summed E-state index contributed by atoms with van der Waals surface area (Å²) in [6.45, 7) is 4.03. The molecule has 0 radical (unpaired) electrons. The fourth-order valence-electron chi connectivity index (χ4n) is 0.973. The van der Waals surface area contributed by atoms with Crippen molar-refractivity contribution in [1.29, 1.82) is 0 Å². The Morgan fingerprint density at radius 3 is 3.09 bits per heavy atom. The lowest BCUT2D eigenvalue weighted by Crippen LogP contribution is -2.22. The minimum Gasteiger partial charge on any atom is -0.483 e. The van der Waals surface area contributed by atoms with E-state index in [1.165, 1.54) is 0 Å². The quantitative estimate of drug-likeness (QED) is 0.564. The molecular weight excluding hydrogens is 144 g/mol. The van der Waals surface area contributed by atoms with E-state index in [1.54, 1.807) is 6.92 Å². The first kappa shape index (κ1) is 8.11. The van der Waals surface area contributed by atoms with Crippen molar-refractivity contribution in [1.82, 2.24) is 0 Å². The molecule has 0 bridgehead atoms. The van der Waals surface area contributed by atoms with Gasteiger partial charge in [0.25, 0.3) is 0 Å². The fraction of sp³-hybridized carbons (Fsp3) is 0.625. The number of hydrogen-bond acceptors (Lipinski definition) is 3. The molecule has 1 unspecified atom stereocenters. The predicted octanol–water partition coefficient (Wildman–Crippen LogP) is 1.24. The van der Waals surface area contributed by atoms with Gasteiger partial charge in [-0.05, 0) is 19.9 Å². The molecule has 0 aliphatic carbocycles. The van der Waals surface area contributed by atoms with Crippen LogP contribution in [0.25, 0.3) is 0 Å². The van der Waals surface area contributed by atoms with E-state index in [4.69, 9.17) is 9.47 Å². The van der Waals surface area contributed by atoms with Gasteiger partial charge in [-0.3, -0.25) is 0 Å². The summed E-state index contributed by atoms with van der Waals surface area (Å²) >= 11 is 0. The second-order valence-electron chi connectivity index (χ2n) is 2.41. The van der Waals surface area contributed by atoms with Crippen molar-refractivity contribution in [2.75, 3.05) is 6.61 Å². The van der Waals surface area contributed by atoms with Crippen molar-refractivity contribution < 1.29 is 14.3 Å². The Morgan fingerprint density at radius 1 is 1.91 bits per heavy atom. The molecule has 0 fully saturated rings. The first-order chi connectivity index (χ1) is 5.24. The zero-order valence-electron chi connectivity index (χ0n) is 6.79. The standard InChI is InChI=1S/C8H12O3/c1-3-10-8(9)7-5-4-6(2)11-7/h4,7H,3,5H2,1-2H3. The molecule has 1 aliphatic rings. The molecule has 0 saturated heterocycles. The molecule has 0 amide bonds. The first-order valence-corrected chi connectivity index (χ1v) is 3.74. The summed E-state index contributed by atoms with van der Waals surface area (Å²) < 4.78 is 9.94. The molecule has 3 nitrogen and oxygen atoms in total. The Morgan fingerprint density at radius 2 is 2.64 bits per heavy atom. The molecule has 0 saturated carbocycles. The first-order valence-electron chi connectivity index (χ1n) is 3.74. The van der Waals surface area contributed by atoms with E-state index in [-0.39, 0.29) is 5.97 Å². The van der Waals surface area contributed by atoms with E-state index >= 15 is 0 Å². The van der Waals surface area contributed by atoms with Gasteiger partial charge in [0.2, 0.25) is 0 Å². The average Bonchev–Trinajstić information content (AvgIpc) is 2.36. The Kier molecular flexibility index (Phi) is 2.52. The minimum atomic E-state index is -0.394. The monoisotopic (exact) mass is 156 g/mol. The summed E-state index contributed by atoms with van der Waals surface area (Å²) in [6, 6.07) is 0. The maximum absolute atomic E-state index is 11.0. The second kappa shape index (κ2) is 3.42. The molecule has 0 aromatic carbocycles. The van der Waals surface area contributed by atoms with Crippen molar-refractivity contribution in [3.63, 3.8) is 0 Å². The third-order valence-electron chi connectivity index (χ3n) is 1.50. The second-order valence-corrected chi connectivity index (χ2v) is 2.41. The lowest BCUT2D eigenvalue weighted by molar-refractivity contribution is -0.152. The number of ether oxygens (including phenoxy) is 2. The van der Waals surface area contributed by atoms with Crippen LogP contribution in [0, 0.1) is 0 Å². The van der Waals surface area contributed by atoms with Crippen molar-refractivity contribution in [2.24, 2.45) is 0 Å². The van der Waals surface area contributed by atoms with Crippen LogP contribution in [0.2, 0.25) is 0 Å². The van der Waals surface area contributed by atoms with Gasteiger partial charge in [0.15, 0.2) is 6.10 Å². The number of allylic oxidation sites excluding steroid dienone is 1. The molecular formula is C8H12O3. The van der Waals surface area contributed by atoms with E-state index < -0.39 is 6.10 Å². The smallest absolute Gasteiger partial charge is 0.347 e. The van der Waals surface area contributed by atoms with Gasteiger partial charge >= 0.3 is 5.97 Å². The Bertz CT molecular complexity index is 184. The van der Waals surface area contributed by atoms with Crippen molar-refractivity contribution >= 4 is 5.97 Å². The summed E-state index contributed by atoms with van der Waals surface area (Å²) in [5.41, 5.74) is 0. The molecule has 1 atom stereocenters. The number of carbonyl (C=O) groups is 1. The van der Waals surface area contributed by atoms with Gasteiger partial charge in [-0.2, -0.15) is 0 Å². The molecule has 0 spiro atoms. The third kappa shape index (κ3) is 1.97. The minimum absolute atomic E-state index is 0.263. The highest BCUT2D eigenvalue weighted by atomic mass is 16.6. The predicted molar refractivity (Wildman–Crippen MR) is 39.9 cm³/mol. The highest BCUT2D eigenvalue weighted by molar-refractivity contribution is 5.75. The average molecular weight is 156 g/mol. The van der Waals surface area contributed by atoms with Gasteiger partial charge in [0, 0.05) is 6.42 Å². The zero-order valence-corrected chi connectivity index (χ0v) is 6.79. The van der Waals surface area contributed by atoms with Crippen LogP contribution in [0.5, 0.6) is 0 Å². The number of carbonyl (C=O) groups excluding carboxylic acids is 1. The summed E-state index contributed by atoms with van der Waals surface area (Å²) in [5, 5.41) is 0. The van der Waals surface area contributed by atoms with Crippen LogP contribution in [-0.4, -0.2) is 18.7 Å². The molecule has 1 rings (SSSR count). The normalized spacial score (nSPS) is 22.4. The van der Waals surface area contributed by atoms with Crippen molar-refractivity contribution in [2.45, 2.75) is 26.4 Å². The topological polar surface area (TPSA) is 35.5 Å². The van der Waals surface area contributed by atoms with Gasteiger partial charge in [-0.15, -0.1) is 0 Å². The van der Waals surface area contributed by atoms with Gasteiger partial charge in [-0.25, -0.2) is 4.79 Å².